The van der Waals surface area contributed by atoms with Crippen LogP contribution in [0.3, 0.4) is 0 Å². The van der Waals surface area contributed by atoms with Gasteiger partial charge in [-0.15, -0.1) is 0 Å². The highest BCUT2D eigenvalue weighted by atomic mass is 16.5. The van der Waals surface area contributed by atoms with E-state index in [4.69, 9.17) is 4.74 Å². The lowest BCUT2D eigenvalue weighted by molar-refractivity contribution is -0.000805. The summed E-state index contributed by atoms with van der Waals surface area (Å²) in [6.07, 6.45) is 5.84. The molecule has 1 aromatic heterocycles. The fourth-order valence-electron chi connectivity index (χ4n) is 1.80. The van der Waals surface area contributed by atoms with Gasteiger partial charge in [0.1, 0.15) is 0 Å². The van der Waals surface area contributed by atoms with Gasteiger partial charge in [0.25, 0.3) is 0 Å². The van der Waals surface area contributed by atoms with Crippen LogP contribution in [0.4, 0.5) is 0 Å². The smallest absolute Gasteiger partial charge is 0.0842 e. The molecule has 14 heavy (non-hydrogen) atoms. The van der Waals surface area contributed by atoms with Gasteiger partial charge in [-0.05, 0) is 24.5 Å². The summed E-state index contributed by atoms with van der Waals surface area (Å²) in [7, 11) is 0. The van der Waals surface area contributed by atoms with Crippen molar-refractivity contribution in [2.75, 3.05) is 6.61 Å². The zero-order valence-electron chi connectivity index (χ0n) is 8.10. The summed E-state index contributed by atoms with van der Waals surface area (Å²) in [6, 6.07) is 3.86. The largest absolute Gasteiger partial charge is 0.390 e. The summed E-state index contributed by atoms with van der Waals surface area (Å²) in [5.74, 6) is 0. The van der Waals surface area contributed by atoms with E-state index in [2.05, 4.69) is 4.98 Å². The molecule has 1 N–H and O–H groups in total. The van der Waals surface area contributed by atoms with Gasteiger partial charge in [-0.1, -0.05) is 6.07 Å². The summed E-state index contributed by atoms with van der Waals surface area (Å²) in [5, 5.41) is 9.85. The first-order chi connectivity index (χ1) is 6.86. The molecule has 1 aliphatic heterocycles. The van der Waals surface area contributed by atoms with Gasteiger partial charge in [0.15, 0.2) is 0 Å². The summed E-state index contributed by atoms with van der Waals surface area (Å²) in [6.45, 7) is 0.786. The van der Waals surface area contributed by atoms with Crippen molar-refractivity contribution in [1.82, 2.24) is 4.98 Å². The monoisotopic (exact) mass is 193 g/mol. The van der Waals surface area contributed by atoms with Crippen molar-refractivity contribution in [3.05, 3.63) is 30.1 Å². The molecular formula is C11H15NO2. The predicted molar refractivity (Wildman–Crippen MR) is 52.9 cm³/mol. The first-order valence-corrected chi connectivity index (χ1v) is 5.05. The SMILES string of the molecule is OC(Cc1cccnc1)C1CCCO1. The Morgan fingerprint density at radius 1 is 1.64 bits per heavy atom. The summed E-state index contributed by atoms with van der Waals surface area (Å²) < 4.78 is 5.42. The third kappa shape index (κ3) is 2.30. The molecular weight excluding hydrogens is 178 g/mol. The Balaban J connectivity index is 1.90. The van der Waals surface area contributed by atoms with Crippen molar-refractivity contribution in [2.45, 2.75) is 31.5 Å². The Morgan fingerprint density at radius 3 is 3.21 bits per heavy atom. The van der Waals surface area contributed by atoms with E-state index in [1.165, 1.54) is 0 Å². The topological polar surface area (TPSA) is 42.4 Å². The van der Waals surface area contributed by atoms with E-state index in [1.54, 1.807) is 12.4 Å². The quantitative estimate of drug-likeness (QED) is 0.783. The van der Waals surface area contributed by atoms with Crippen LogP contribution in [-0.4, -0.2) is 28.9 Å². The highest BCUT2D eigenvalue weighted by Crippen LogP contribution is 2.18. The first kappa shape index (κ1) is 9.62. The molecule has 2 unspecified atom stereocenters. The van der Waals surface area contributed by atoms with E-state index >= 15 is 0 Å². The molecule has 2 heterocycles. The maximum atomic E-state index is 9.85. The average Bonchev–Trinajstić information content (AvgIpc) is 2.72. The van der Waals surface area contributed by atoms with E-state index in [0.717, 1.165) is 25.0 Å². The second-order valence-corrected chi connectivity index (χ2v) is 3.68. The molecule has 3 heteroatoms. The molecule has 0 spiro atoms. The number of pyridine rings is 1. The molecule has 1 aromatic rings. The van der Waals surface area contributed by atoms with Crippen LogP contribution in [-0.2, 0) is 11.2 Å². The Hall–Kier alpha value is -0.930. The lowest BCUT2D eigenvalue weighted by Crippen LogP contribution is -2.27. The van der Waals surface area contributed by atoms with E-state index in [9.17, 15) is 5.11 Å². The van der Waals surface area contributed by atoms with E-state index in [0.29, 0.717) is 6.42 Å². The second-order valence-electron chi connectivity index (χ2n) is 3.68. The minimum atomic E-state index is -0.387. The standard InChI is InChI=1S/C11H15NO2/c13-10(11-4-2-6-14-11)7-9-3-1-5-12-8-9/h1,3,5,8,10-11,13H,2,4,6-7H2. The number of nitrogens with zero attached hydrogens (tertiary/aromatic N) is 1. The Bertz CT molecular complexity index is 270. The molecule has 1 aliphatic rings. The summed E-state index contributed by atoms with van der Waals surface area (Å²) in [5.41, 5.74) is 1.07. The fraction of sp³-hybridized carbons (Fsp3) is 0.545. The number of rotatable bonds is 3. The van der Waals surface area contributed by atoms with Crippen molar-refractivity contribution in [2.24, 2.45) is 0 Å². The normalized spacial score (nSPS) is 23.6. The third-order valence-corrected chi connectivity index (χ3v) is 2.56. The Labute approximate surface area is 83.7 Å². The Morgan fingerprint density at radius 2 is 2.57 bits per heavy atom. The first-order valence-electron chi connectivity index (χ1n) is 5.05. The third-order valence-electron chi connectivity index (χ3n) is 2.56. The molecule has 0 aromatic carbocycles. The van der Waals surface area contributed by atoms with Crippen LogP contribution in [0.1, 0.15) is 18.4 Å². The number of aromatic nitrogens is 1. The zero-order valence-corrected chi connectivity index (χ0v) is 8.10. The van der Waals surface area contributed by atoms with Crippen molar-refractivity contribution >= 4 is 0 Å². The molecule has 0 saturated carbocycles. The number of hydrogen-bond acceptors (Lipinski definition) is 3. The molecule has 2 rings (SSSR count). The van der Waals surface area contributed by atoms with Gasteiger partial charge in [-0.3, -0.25) is 4.98 Å². The Kier molecular flexibility index (Phi) is 3.11. The maximum Gasteiger partial charge on any atom is 0.0842 e. The molecule has 0 radical (unpaired) electrons. The predicted octanol–water partition coefficient (Wildman–Crippen LogP) is 1.16. The van der Waals surface area contributed by atoms with Gasteiger partial charge in [0, 0.05) is 25.4 Å². The van der Waals surface area contributed by atoms with Crippen molar-refractivity contribution in [3.8, 4) is 0 Å². The van der Waals surface area contributed by atoms with Crippen molar-refractivity contribution in [1.29, 1.82) is 0 Å². The van der Waals surface area contributed by atoms with Crippen LogP contribution in [0.15, 0.2) is 24.5 Å². The van der Waals surface area contributed by atoms with Gasteiger partial charge in [0.05, 0.1) is 12.2 Å². The van der Waals surface area contributed by atoms with Crippen LogP contribution < -0.4 is 0 Å². The lowest BCUT2D eigenvalue weighted by atomic mass is 10.0. The molecule has 1 saturated heterocycles. The molecule has 0 bridgehead atoms. The van der Waals surface area contributed by atoms with Gasteiger partial charge in [-0.2, -0.15) is 0 Å². The molecule has 76 valence electrons. The number of aliphatic hydroxyl groups excluding tert-OH is 1. The highest BCUT2D eigenvalue weighted by molar-refractivity contribution is 5.10. The van der Waals surface area contributed by atoms with E-state index < -0.39 is 0 Å². The fourth-order valence-corrected chi connectivity index (χ4v) is 1.80. The van der Waals surface area contributed by atoms with Gasteiger partial charge in [0.2, 0.25) is 0 Å². The lowest BCUT2D eigenvalue weighted by Gasteiger charge is -2.16. The number of hydrogen-bond donors (Lipinski definition) is 1. The van der Waals surface area contributed by atoms with E-state index in [-0.39, 0.29) is 12.2 Å². The van der Waals surface area contributed by atoms with Crippen LogP contribution >= 0.6 is 0 Å². The summed E-state index contributed by atoms with van der Waals surface area (Å²) >= 11 is 0. The molecule has 1 fully saturated rings. The van der Waals surface area contributed by atoms with Gasteiger partial charge in [-0.25, -0.2) is 0 Å². The minimum Gasteiger partial charge on any atom is -0.390 e. The molecule has 0 aliphatic carbocycles. The van der Waals surface area contributed by atoms with Gasteiger partial charge >= 0.3 is 0 Å². The molecule has 0 amide bonds. The van der Waals surface area contributed by atoms with E-state index in [1.807, 2.05) is 12.1 Å². The zero-order chi connectivity index (χ0) is 9.80. The number of ether oxygens (including phenoxy) is 1. The molecule has 3 nitrogen and oxygen atoms in total. The van der Waals surface area contributed by atoms with Crippen LogP contribution in [0.2, 0.25) is 0 Å². The van der Waals surface area contributed by atoms with Gasteiger partial charge < -0.3 is 9.84 Å². The highest BCUT2D eigenvalue weighted by Gasteiger charge is 2.23. The minimum absolute atomic E-state index is 0.0233. The second kappa shape index (κ2) is 4.53. The molecule has 2 atom stereocenters. The van der Waals surface area contributed by atoms with Crippen molar-refractivity contribution in [3.63, 3.8) is 0 Å². The van der Waals surface area contributed by atoms with Crippen LogP contribution in [0.5, 0.6) is 0 Å². The number of aliphatic hydroxyl groups is 1. The maximum absolute atomic E-state index is 9.85. The van der Waals surface area contributed by atoms with Crippen molar-refractivity contribution < 1.29 is 9.84 Å². The average molecular weight is 193 g/mol. The van der Waals surface area contributed by atoms with Crippen LogP contribution in [0, 0.1) is 0 Å². The summed E-state index contributed by atoms with van der Waals surface area (Å²) in [4.78, 5) is 4.01. The van der Waals surface area contributed by atoms with Crippen LogP contribution in [0.25, 0.3) is 0 Å².